The van der Waals surface area contributed by atoms with E-state index in [1.807, 2.05) is 0 Å². The molecule has 0 spiro atoms. The van der Waals surface area contributed by atoms with Gasteiger partial charge in [-0.2, -0.15) is 0 Å². The molecule has 1 aromatic carbocycles. The van der Waals surface area contributed by atoms with Crippen LogP contribution in [-0.4, -0.2) is 31.1 Å². The summed E-state index contributed by atoms with van der Waals surface area (Å²) in [7, 11) is 1.71. The predicted molar refractivity (Wildman–Crippen MR) is 87.5 cm³/mol. The molecule has 1 aliphatic rings. The van der Waals surface area contributed by atoms with Gasteiger partial charge < -0.3 is 15.5 Å². The van der Waals surface area contributed by atoms with Gasteiger partial charge in [0, 0.05) is 31.4 Å². The Hall–Kier alpha value is -1.55. The van der Waals surface area contributed by atoms with Crippen molar-refractivity contribution in [3.05, 3.63) is 29.8 Å². The molecular weight excluding hydrogens is 262 g/mol. The first-order valence-electron chi connectivity index (χ1n) is 7.73. The van der Waals surface area contributed by atoms with Crippen molar-refractivity contribution in [3.8, 4) is 0 Å². The zero-order valence-corrected chi connectivity index (χ0v) is 13.6. The molecule has 2 N–H and O–H groups in total. The second-order valence-corrected chi connectivity index (χ2v) is 6.74. The van der Waals surface area contributed by atoms with Gasteiger partial charge in [0.1, 0.15) is 6.04 Å². The van der Waals surface area contributed by atoms with Crippen LogP contribution in [0.2, 0.25) is 0 Å². The minimum Gasteiger partial charge on any atom is -0.360 e. The number of nitrogens with zero attached hydrogens (tertiary/aromatic N) is 1. The molecule has 1 aromatic rings. The topological polar surface area (TPSA) is 44.4 Å². The molecule has 1 atom stereocenters. The molecular formula is C17H27N3O. The third kappa shape index (κ3) is 4.21. The van der Waals surface area contributed by atoms with E-state index in [-0.39, 0.29) is 17.5 Å². The molecule has 0 bridgehead atoms. The lowest BCUT2D eigenvalue weighted by atomic mass is 10.1. The number of hydrogen-bond donors (Lipinski definition) is 2. The Balaban J connectivity index is 2.03. The van der Waals surface area contributed by atoms with E-state index in [0.717, 1.165) is 31.6 Å². The molecule has 1 unspecified atom stereocenters. The summed E-state index contributed by atoms with van der Waals surface area (Å²) < 4.78 is 0. The van der Waals surface area contributed by atoms with Crippen LogP contribution >= 0.6 is 0 Å². The molecule has 0 aliphatic carbocycles. The molecule has 21 heavy (non-hydrogen) atoms. The first-order chi connectivity index (χ1) is 9.90. The third-order valence-corrected chi connectivity index (χ3v) is 3.89. The number of hydrogen-bond acceptors (Lipinski definition) is 3. The fourth-order valence-corrected chi connectivity index (χ4v) is 2.69. The van der Waals surface area contributed by atoms with Gasteiger partial charge in [-0.15, -0.1) is 0 Å². The lowest BCUT2D eigenvalue weighted by Crippen LogP contribution is -2.42. The van der Waals surface area contributed by atoms with Crippen LogP contribution in [0.5, 0.6) is 0 Å². The summed E-state index contributed by atoms with van der Waals surface area (Å²) >= 11 is 0. The van der Waals surface area contributed by atoms with Crippen molar-refractivity contribution < 1.29 is 4.79 Å². The Kier molecular flexibility index (Phi) is 4.88. The van der Waals surface area contributed by atoms with Crippen molar-refractivity contribution in [2.24, 2.45) is 0 Å². The number of amides is 1. The molecule has 1 fully saturated rings. The summed E-state index contributed by atoms with van der Waals surface area (Å²) in [5.41, 5.74) is 2.53. The van der Waals surface area contributed by atoms with Crippen LogP contribution in [0.25, 0.3) is 0 Å². The zero-order valence-electron chi connectivity index (χ0n) is 13.6. The van der Waals surface area contributed by atoms with Gasteiger partial charge in [-0.25, -0.2) is 0 Å². The fraction of sp³-hybridized carbons (Fsp3) is 0.588. The van der Waals surface area contributed by atoms with Gasteiger partial charge in [0.2, 0.25) is 5.91 Å². The molecule has 116 valence electrons. The average Bonchev–Trinajstić information content (AvgIpc) is 2.93. The van der Waals surface area contributed by atoms with E-state index in [1.54, 1.807) is 7.05 Å². The van der Waals surface area contributed by atoms with Crippen LogP contribution in [0.4, 0.5) is 5.69 Å². The van der Waals surface area contributed by atoms with Crippen molar-refractivity contribution in [2.75, 3.05) is 18.5 Å². The van der Waals surface area contributed by atoms with Crippen LogP contribution in [0.15, 0.2) is 24.3 Å². The van der Waals surface area contributed by atoms with Gasteiger partial charge in [-0.3, -0.25) is 4.79 Å². The Morgan fingerprint density at radius 3 is 2.52 bits per heavy atom. The highest BCUT2D eigenvalue weighted by Crippen LogP contribution is 2.26. The Bertz CT molecular complexity index is 476. The molecule has 1 amide bonds. The van der Waals surface area contributed by atoms with E-state index in [2.05, 4.69) is 60.6 Å². The van der Waals surface area contributed by atoms with Gasteiger partial charge >= 0.3 is 0 Å². The van der Waals surface area contributed by atoms with Crippen molar-refractivity contribution in [1.29, 1.82) is 0 Å². The number of rotatable bonds is 4. The second-order valence-electron chi connectivity index (χ2n) is 6.74. The van der Waals surface area contributed by atoms with Crippen LogP contribution in [0.3, 0.4) is 0 Å². The maximum Gasteiger partial charge on any atom is 0.242 e. The molecule has 2 rings (SSSR count). The van der Waals surface area contributed by atoms with Gasteiger partial charge in [-0.1, -0.05) is 12.1 Å². The van der Waals surface area contributed by atoms with E-state index < -0.39 is 0 Å². The molecule has 0 aromatic heterocycles. The van der Waals surface area contributed by atoms with E-state index in [0.29, 0.717) is 0 Å². The Labute approximate surface area is 127 Å². The first-order valence-corrected chi connectivity index (χ1v) is 7.73. The summed E-state index contributed by atoms with van der Waals surface area (Å²) in [6.07, 6.45) is 2.01. The van der Waals surface area contributed by atoms with Crippen LogP contribution in [0, 0.1) is 0 Å². The minimum absolute atomic E-state index is 0.0199. The van der Waals surface area contributed by atoms with Crippen LogP contribution in [0.1, 0.15) is 39.2 Å². The largest absolute Gasteiger partial charge is 0.360 e. The molecule has 0 radical (unpaired) electrons. The van der Waals surface area contributed by atoms with Crippen molar-refractivity contribution in [1.82, 2.24) is 10.6 Å². The number of benzene rings is 1. The molecule has 1 saturated heterocycles. The maximum atomic E-state index is 11.9. The Morgan fingerprint density at radius 1 is 1.29 bits per heavy atom. The summed E-state index contributed by atoms with van der Waals surface area (Å²) in [6.45, 7) is 8.32. The lowest BCUT2D eigenvalue weighted by Gasteiger charge is -2.26. The Morgan fingerprint density at radius 2 is 1.95 bits per heavy atom. The van der Waals surface area contributed by atoms with Crippen LogP contribution in [-0.2, 0) is 11.3 Å². The lowest BCUT2D eigenvalue weighted by molar-refractivity contribution is -0.121. The highest BCUT2D eigenvalue weighted by Gasteiger charge is 2.29. The number of anilines is 1. The van der Waals surface area contributed by atoms with Crippen molar-refractivity contribution in [3.63, 3.8) is 0 Å². The summed E-state index contributed by atoms with van der Waals surface area (Å²) in [5.74, 6) is 0.117. The van der Waals surface area contributed by atoms with Gasteiger partial charge in [0.15, 0.2) is 0 Å². The molecule has 1 heterocycles. The van der Waals surface area contributed by atoms with Gasteiger partial charge in [0.05, 0.1) is 0 Å². The summed E-state index contributed by atoms with van der Waals surface area (Å²) in [5, 5.41) is 6.25. The molecule has 4 nitrogen and oxygen atoms in total. The highest BCUT2D eigenvalue weighted by atomic mass is 16.2. The van der Waals surface area contributed by atoms with Crippen LogP contribution < -0.4 is 15.5 Å². The zero-order chi connectivity index (χ0) is 15.5. The summed E-state index contributed by atoms with van der Waals surface area (Å²) in [4.78, 5) is 14.1. The normalized spacial score (nSPS) is 18.9. The quantitative estimate of drug-likeness (QED) is 0.894. The summed E-state index contributed by atoms with van der Waals surface area (Å²) in [6, 6.07) is 8.52. The number of nitrogens with one attached hydrogen (secondary N) is 2. The van der Waals surface area contributed by atoms with Crippen molar-refractivity contribution in [2.45, 2.75) is 51.7 Å². The third-order valence-electron chi connectivity index (χ3n) is 3.89. The minimum atomic E-state index is -0.0199. The standard InChI is InChI=1S/C17H27N3O/c1-17(2,3)19-12-13-7-9-14(10-8-13)20-11-5-6-15(20)16(21)18-4/h7-10,15,19H,5-6,11-12H2,1-4H3,(H,18,21). The number of carbonyl (C=O) groups is 1. The number of carbonyl (C=O) groups excluding carboxylic acids is 1. The smallest absolute Gasteiger partial charge is 0.242 e. The predicted octanol–water partition coefficient (Wildman–Crippen LogP) is 2.29. The van der Waals surface area contributed by atoms with E-state index in [4.69, 9.17) is 0 Å². The second kappa shape index (κ2) is 6.48. The molecule has 1 aliphatic heterocycles. The molecule has 0 saturated carbocycles. The maximum absolute atomic E-state index is 11.9. The highest BCUT2D eigenvalue weighted by molar-refractivity contribution is 5.85. The van der Waals surface area contributed by atoms with Gasteiger partial charge in [-0.05, 0) is 51.3 Å². The van der Waals surface area contributed by atoms with E-state index in [9.17, 15) is 4.79 Å². The average molecular weight is 289 g/mol. The van der Waals surface area contributed by atoms with Gasteiger partial charge in [0.25, 0.3) is 0 Å². The van der Waals surface area contributed by atoms with Crippen molar-refractivity contribution >= 4 is 11.6 Å². The number of likely N-dealkylation sites (N-methyl/N-ethyl adjacent to an activating group) is 1. The first kappa shape index (κ1) is 15.8. The molecule has 4 heteroatoms. The van der Waals surface area contributed by atoms with E-state index in [1.165, 1.54) is 5.56 Å². The monoisotopic (exact) mass is 289 g/mol. The SMILES string of the molecule is CNC(=O)C1CCCN1c1ccc(CNC(C)(C)C)cc1. The van der Waals surface area contributed by atoms with E-state index >= 15 is 0 Å². The fourth-order valence-electron chi connectivity index (χ4n) is 2.69.